The fourth-order valence-electron chi connectivity index (χ4n) is 1.91. The molecule has 0 aliphatic heterocycles. The normalized spacial score (nSPS) is 16.5. The maximum Gasteiger partial charge on any atom is 0.227 e. The van der Waals surface area contributed by atoms with Crippen LogP contribution >= 0.6 is 0 Å². The molecule has 1 aliphatic rings. The van der Waals surface area contributed by atoms with Crippen LogP contribution in [0, 0.1) is 5.41 Å². The molecular formula is C14H26N4O. The fraction of sp³-hybridized carbons (Fsp3) is 0.714. The van der Waals surface area contributed by atoms with Gasteiger partial charge in [-0.3, -0.25) is 9.79 Å². The van der Waals surface area contributed by atoms with Gasteiger partial charge >= 0.3 is 0 Å². The van der Waals surface area contributed by atoms with E-state index in [9.17, 15) is 4.79 Å². The van der Waals surface area contributed by atoms with Crippen molar-refractivity contribution in [2.75, 3.05) is 20.1 Å². The largest absolute Gasteiger partial charge is 0.356 e. The van der Waals surface area contributed by atoms with Gasteiger partial charge in [-0.05, 0) is 33.6 Å². The van der Waals surface area contributed by atoms with Crippen molar-refractivity contribution in [3.63, 3.8) is 0 Å². The van der Waals surface area contributed by atoms with E-state index in [1.54, 1.807) is 7.05 Å². The summed E-state index contributed by atoms with van der Waals surface area (Å²) in [5, 5.41) is 9.43. The quantitative estimate of drug-likeness (QED) is 0.396. The average Bonchev–Trinajstić information content (AvgIpc) is 2.87. The first-order valence-electron chi connectivity index (χ1n) is 6.90. The molecule has 1 rings (SSSR count). The van der Waals surface area contributed by atoms with Gasteiger partial charge in [0.05, 0.1) is 5.41 Å². The van der Waals surface area contributed by atoms with Crippen molar-refractivity contribution in [1.29, 1.82) is 0 Å². The molecular weight excluding hydrogens is 240 g/mol. The van der Waals surface area contributed by atoms with Crippen molar-refractivity contribution in [2.24, 2.45) is 10.4 Å². The molecule has 0 aromatic carbocycles. The lowest BCUT2D eigenvalue weighted by atomic mass is 9.92. The molecule has 0 atom stereocenters. The highest BCUT2D eigenvalue weighted by Gasteiger charge is 2.27. The molecule has 0 fully saturated rings. The molecule has 0 radical (unpaired) electrons. The van der Waals surface area contributed by atoms with E-state index in [0.717, 1.165) is 18.8 Å². The molecule has 0 saturated heterocycles. The molecule has 0 saturated carbocycles. The standard InChI is InChI=1S/C14H26N4O/c1-5-16-12(19)14(2,3)10-17-13(15-4)18-11-8-6-7-9-11/h6-7,11H,5,8-10H2,1-4H3,(H,16,19)(H2,15,17,18). The zero-order chi connectivity index (χ0) is 14.3. The Balaban J connectivity index is 2.41. The molecule has 1 aliphatic carbocycles. The second-order valence-electron chi connectivity index (χ2n) is 5.45. The summed E-state index contributed by atoms with van der Waals surface area (Å²) in [6, 6.07) is 0.416. The third-order valence-corrected chi connectivity index (χ3v) is 3.22. The molecule has 5 nitrogen and oxygen atoms in total. The highest BCUT2D eigenvalue weighted by Crippen LogP contribution is 2.13. The van der Waals surface area contributed by atoms with Crippen LogP contribution in [0.3, 0.4) is 0 Å². The summed E-state index contributed by atoms with van der Waals surface area (Å²) in [6.07, 6.45) is 6.40. The molecule has 0 aromatic heterocycles. The molecule has 5 heteroatoms. The number of hydrogen-bond donors (Lipinski definition) is 3. The Morgan fingerprint density at radius 2 is 1.95 bits per heavy atom. The van der Waals surface area contributed by atoms with E-state index in [1.165, 1.54) is 0 Å². The van der Waals surface area contributed by atoms with Crippen LogP contribution in [-0.4, -0.2) is 38.0 Å². The fourth-order valence-corrected chi connectivity index (χ4v) is 1.91. The third-order valence-electron chi connectivity index (χ3n) is 3.22. The number of carbonyl (C=O) groups excluding carboxylic acids is 1. The van der Waals surface area contributed by atoms with E-state index in [0.29, 0.717) is 19.1 Å². The molecule has 108 valence electrons. The predicted molar refractivity (Wildman–Crippen MR) is 79.1 cm³/mol. The van der Waals surface area contributed by atoms with Crippen molar-refractivity contribution in [3.8, 4) is 0 Å². The van der Waals surface area contributed by atoms with Gasteiger partial charge in [0.2, 0.25) is 5.91 Å². The van der Waals surface area contributed by atoms with Crippen LogP contribution in [0.4, 0.5) is 0 Å². The monoisotopic (exact) mass is 266 g/mol. The Kier molecular flexibility index (Phi) is 5.86. The zero-order valence-corrected chi connectivity index (χ0v) is 12.4. The number of carbonyl (C=O) groups is 1. The Morgan fingerprint density at radius 1 is 1.32 bits per heavy atom. The second kappa shape index (κ2) is 7.16. The van der Waals surface area contributed by atoms with Gasteiger partial charge in [-0.2, -0.15) is 0 Å². The summed E-state index contributed by atoms with van der Waals surface area (Å²) in [4.78, 5) is 16.1. The maximum atomic E-state index is 11.9. The van der Waals surface area contributed by atoms with Gasteiger partial charge in [0.1, 0.15) is 0 Å². The maximum absolute atomic E-state index is 11.9. The van der Waals surface area contributed by atoms with Gasteiger partial charge in [0, 0.05) is 26.2 Å². The average molecular weight is 266 g/mol. The third kappa shape index (κ3) is 4.93. The van der Waals surface area contributed by atoms with Crippen LogP contribution < -0.4 is 16.0 Å². The van der Waals surface area contributed by atoms with Crippen LogP contribution in [0.2, 0.25) is 0 Å². The van der Waals surface area contributed by atoms with Crippen LogP contribution in [0.5, 0.6) is 0 Å². The lowest BCUT2D eigenvalue weighted by molar-refractivity contribution is -0.128. The Hall–Kier alpha value is -1.52. The first-order valence-corrected chi connectivity index (χ1v) is 6.90. The number of nitrogens with one attached hydrogen (secondary N) is 3. The Morgan fingerprint density at radius 3 is 2.47 bits per heavy atom. The molecule has 0 unspecified atom stereocenters. The van der Waals surface area contributed by atoms with Crippen LogP contribution in [0.25, 0.3) is 0 Å². The zero-order valence-electron chi connectivity index (χ0n) is 12.4. The minimum atomic E-state index is -0.457. The number of guanidine groups is 1. The van der Waals surface area contributed by atoms with E-state index in [1.807, 2.05) is 20.8 Å². The van der Waals surface area contributed by atoms with Gasteiger partial charge < -0.3 is 16.0 Å². The molecule has 0 aromatic rings. The lowest BCUT2D eigenvalue weighted by Gasteiger charge is -2.25. The first-order chi connectivity index (χ1) is 8.99. The molecule has 0 spiro atoms. The van der Waals surface area contributed by atoms with Crippen molar-refractivity contribution in [2.45, 2.75) is 39.7 Å². The number of nitrogens with zero attached hydrogens (tertiary/aromatic N) is 1. The first kappa shape index (κ1) is 15.5. The summed E-state index contributed by atoms with van der Waals surface area (Å²) in [5.74, 6) is 0.812. The van der Waals surface area contributed by atoms with Gasteiger partial charge in [-0.1, -0.05) is 12.2 Å². The minimum absolute atomic E-state index is 0.0560. The second-order valence-corrected chi connectivity index (χ2v) is 5.45. The van der Waals surface area contributed by atoms with E-state index >= 15 is 0 Å². The van der Waals surface area contributed by atoms with E-state index in [2.05, 4.69) is 33.1 Å². The number of rotatable bonds is 5. The Labute approximate surface area is 115 Å². The van der Waals surface area contributed by atoms with Crippen molar-refractivity contribution in [3.05, 3.63) is 12.2 Å². The summed E-state index contributed by atoms with van der Waals surface area (Å²) < 4.78 is 0. The summed E-state index contributed by atoms with van der Waals surface area (Å²) in [7, 11) is 1.75. The minimum Gasteiger partial charge on any atom is -0.356 e. The van der Waals surface area contributed by atoms with Crippen molar-refractivity contribution >= 4 is 11.9 Å². The van der Waals surface area contributed by atoms with E-state index < -0.39 is 5.41 Å². The number of hydrogen-bond acceptors (Lipinski definition) is 2. The van der Waals surface area contributed by atoms with Gasteiger partial charge in [-0.25, -0.2) is 0 Å². The van der Waals surface area contributed by atoms with Gasteiger partial charge in [0.25, 0.3) is 0 Å². The summed E-state index contributed by atoms with van der Waals surface area (Å²) in [5.41, 5.74) is -0.457. The Bertz CT molecular complexity index is 352. The topological polar surface area (TPSA) is 65.5 Å². The van der Waals surface area contributed by atoms with E-state index in [4.69, 9.17) is 0 Å². The highest BCUT2D eigenvalue weighted by molar-refractivity contribution is 5.84. The van der Waals surface area contributed by atoms with E-state index in [-0.39, 0.29) is 5.91 Å². The van der Waals surface area contributed by atoms with Crippen LogP contribution in [0.15, 0.2) is 17.1 Å². The molecule has 1 amide bonds. The molecule has 19 heavy (non-hydrogen) atoms. The van der Waals surface area contributed by atoms with Crippen molar-refractivity contribution in [1.82, 2.24) is 16.0 Å². The highest BCUT2D eigenvalue weighted by atomic mass is 16.2. The van der Waals surface area contributed by atoms with Crippen LogP contribution in [0.1, 0.15) is 33.6 Å². The summed E-state index contributed by atoms with van der Waals surface area (Å²) >= 11 is 0. The van der Waals surface area contributed by atoms with Gasteiger partial charge in [-0.15, -0.1) is 0 Å². The number of amides is 1. The molecule has 0 bridgehead atoms. The molecule has 3 N–H and O–H groups in total. The summed E-state index contributed by atoms with van der Waals surface area (Å²) in [6.45, 7) is 6.99. The smallest absolute Gasteiger partial charge is 0.227 e. The van der Waals surface area contributed by atoms with Gasteiger partial charge in [0.15, 0.2) is 5.96 Å². The number of aliphatic imine (C=N–C) groups is 1. The van der Waals surface area contributed by atoms with Crippen LogP contribution in [-0.2, 0) is 4.79 Å². The lowest BCUT2D eigenvalue weighted by Crippen LogP contribution is -2.49. The van der Waals surface area contributed by atoms with Crippen molar-refractivity contribution < 1.29 is 4.79 Å². The SMILES string of the molecule is CCNC(=O)C(C)(C)CNC(=NC)NC1CC=CC1. The predicted octanol–water partition coefficient (Wildman–Crippen LogP) is 1.03. The molecule has 0 heterocycles.